The average Bonchev–Trinajstić information content (AvgIpc) is 2.51. The van der Waals surface area contributed by atoms with Crippen LogP contribution in [0.25, 0.3) is 0 Å². The molecule has 3 nitrogen and oxygen atoms in total. The molecule has 0 heterocycles. The van der Waals surface area contributed by atoms with Crippen LogP contribution in [0.1, 0.15) is 19.4 Å². The maximum absolute atomic E-state index is 12.9. The van der Waals surface area contributed by atoms with Crippen LogP contribution in [0.5, 0.6) is 5.75 Å². The fraction of sp³-hybridized carbons (Fsp3) is 0.278. The average molecular weight is 319 g/mol. The van der Waals surface area contributed by atoms with E-state index < -0.39 is 5.60 Å². The molecular formula is C18H19F2NO2. The van der Waals surface area contributed by atoms with Crippen molar-refractivity contribution in [3.8, 4) is 5.75 Å². The summed E-state index contributed by atoms with van der Waals surface area (Å²) in [6, 6.07) is 11.5. The molecule has 0 atom stereocenters. The number of hydrogen-bond acceptors (Lipinski definition) is 2. The topological polar surface area (TPSA) is 29.5 Å². The second-order valence-corrected chi connectivity index (χ2v) is 5.85. The maximum Gasteiger partial charge on any atom is 0.266 e. The van der Waals surface area contributed by atoms with E-state index in [0.29, 0.717) is 12.3 Å². The zero-order valence-corrected chi connectivity index (χ0v) is 13.3. The number of amides is 1. The summed E-state index contributed by atoms with van der Waals surface area (Å²) < 4.78 is 31.5. The summed E-state index contributed by atoms with van der Waals surface area (Å²) in [7, 11) is 1.65. The molecule has 2 aromatic rings. The lowest BCUT2D eigenvalue weighted by Gasteiger charge is -2.30. The normalized spacial score (nSPS) is 11.2. The SMILES string of the molecule is CN(Cc1ccc(F)cc1)C(=O)C(C)(C)Oc1ccc(F)cc1. The highest BCUT2D eigenvalue weighted by atomic mass is 19.1. The molecule has 0 aliphatic heterocycles. The van der Waals surface area contributed by atoms with Crippen LogP contribution >= 0.6 is 0 Å². The summed E-state index contributed by atoms with van der Waals surface area (Å²) in [5.41, 5.74) is -0.285. The standard InChI is InChI=1S/C18H19F2NO2/c1-18(2,23-16-10-8-15(20)9-11-16)17(22)21(3)12-13-4-6-14(19)7-5-13/h4-11H,12H2,1-3H3. The molecule has 0 aliphatic rings. The number of rotatable bonds is 5. The number of nitrogens with zero attached hydrogens (tertiary/aromatic N) is 1. The molecule has 0 saturated carbocycles. The van der Waals surface area contributed by atoms with Crippen LogP contribution in [0, 0.1) is 11.6 Å². The highest BCUT2D eigenvalue weighted by molar-refractivity contribution is 5.84. The third kappa shape index (κ3) is 4.52. The second-order valence-electron chi connectivity index (χ2n) is 5.85. The fourth-order valence-corrected chi connectivity index (χ4v) is 2.24. The molecule has 0 unspecified atom stereocenters. The zero-order valence-electron chi connectivity index (χ0n) is 13.3. The van der Waals surface area contributed by atoms with Gasteiger partial charge in [0.05, 0.1) is 0 Å². The van der Waals surface area contributed by atoms with Crippen molar-refractivity contribution in [3.05, 3.63) is 65.7 Å². The lowest BCUT2D eigenvalue weighted by molar-refractivity contribution is -0.144. The number of benzene rings is 2. The summed E-state index contributed by atoms with van der Waals surface area (Å²) in [5.74, 6) is -0.497. The van der Waals surface area contributed by atoms with E-state index >= 15 is 0 Å². The molecule has 122 valence electrons. The van der Waals surface area contributed by atoms with Crippen molar-refractivity contribution < 1.29 is 18.3 Å². The minimum atomic E-state index is -1.10. The van der Waals surface area contributed by atoms with E-state index in [1.807, 2.05) is 0 Å². The van der Waals surface area contributed by atoms with Gasteiger partial charge in [0, 0.05) is 13.6 Å². The van der Waals surface area contributed by atoms with Gasteiger partial charge in [-0.1, -0.05) is 12.1 Å². The number of carbonyl (C=O) groups is 1. The number of hydrogen-bond donors (Lipinski definition) is 0. The van der Waals surface area contributed by atoms with Crippen molar-refractivity contribution in [1.82, 2.24) is 4.90 Å². The first kappa shape index (κ1) is 16.9. The first-order valence-corrected chi connectivity index (χ1v) is 7.22. The van der Waals surface area contributed by atoms with E-state index in [0.717, 1.165) is 5.56 Å². The molecule has 1 amide bonds. The van der Waals surface area contributed by atoms with E-state index in [4.69, 9.17) is 4.74 Å². The zero-order chi connectivity index (χ0) is 17.0. The van der Waals surface area contributed by atoms with Gasteiger partial charge < -0.3 is 9.64 Å². The van der Waals surface area contributed by atoms with Gasteiger partial charge in [0.25, 0.3) is 5.91 Å². The largest absolute Gasteiger partial charge is 0.478 e. The Balaban J connectivity index is 2.04. The number of carbonyl (C=O) groups excluding carboxylic acids is 1. The molecule has 0 radical (unpaired) electrons. The van der Waals surface area contributed by atoms with Gasteiger partial charge in [-0.2, -0.15) is 0 Å². The highest BCUT2D eigenvalue weighted by Crippen LogP contribution is 2.21. The van der Waals surface area contributed by atoms with Gasteiger partial charge >= 0.3 is 0 Å². The van der Waals surface area contributed by atoms with Gasteiger partial charge in [0.2, 0.25) is 0 Å². The lowest BCUT2D eigenvalue weighted by atomic mass is 10.1. The lowest BCUT2D eigenvalue weighted by Crippen LogP contribution is -2.47. The van der Waals surface area contributed by atoms with Gasteiger partial charge in [-0.25, -0.2) is 8.78 Å². The monoisotopic (exact) mass is 319 g/mol. The van der Waals surface area contributed by atoms with E-state index in [-0.39, 0.29) is 17.5 Å². The van der Waals surface area contributed by atoms with Crippen LogP contribution < -0.4 is 4.74 Å². The Kier molecular flexibility index (Phi) is 4.98. The first-order valence-electron chi connectivity index (χ1n) is 7.22. The molecule has 0 bridgehead atoms. The van der Waals surface area contributed by atoms with Crippen LogP contribution in [0.15, 0.2) is 48.5 Å². The molecule has 0 fully saturated rings. The van der Waals surface area contributed by atoms with Crippen molar-refractivity contribution >= 4 is 5.91 Å². The summed E-state index contributed by atoms with van der Waals surface area (Å²) in [4.78, 5) is 14.1. The van der Waals surface area contributed by atoms with Crippen LogP contribution in [0.4, 0.5) is 8.78 Å². The molecule has 2 aromatic carbocycles. The molecule has 5 heteroatoms. The number of likely N-dealkylation sites (N-methyl/N-ethyl adjacent to an activating group) is 1. The summed E-state index contributed by atoms with van der Waals surface area (Å²) in [6.45, 7) is 3.65. The first-order chi connectivity index (χ1) is 10.8. The Morgan fingerprint density at radius 2 is 1.48 bits per heavy atom. The van der Waals surface area contributed by atoms with Crippen molar-refractivity contribution in [2.75, 3.05) is 7.05 Å². The Morgan fingerprint density at radius 3 is 2.00 bits per heavy atom. The molecule has 0 spiro atoms. The highest BCUT2D eigenvalue weighted by Gasteiger charge is 2.32. The Labute approximate surface area is 134 Å². The number of halogens is 2. The molecule has 0 aliphatic carbocycles. The smallest absolute Gasteiger partial charge is 0.266 e. The van der Waals surface area contributed by atoms with E-state index in [9.17, 15) is 13.6 Å². The van der Waals surface area contributed by atoms with Gasteiger partial charge in [0.1, 0.15) is 17.4 Å². The summed E-state index contributed by atoms with van der Waals surface area (Å²) >= 11 is 0. The van der Waals surface area contributed by atoms with Crippen molar-refractivity contribution in [2.45, 2.75) is 26.0 Å². The molecule has 0 N–H and O–H groups in total. The van der Waals surface area contributed by atoms with Crippen LogP contribution in [-0.4, -0.2) is 23.5 Å². The van der Waals surface area contributed by atoms with Crippen LogP contribution in [0.3, 0.4) is 0 Å². The van der Waals surface area contributed by atoms with Gasteiger partial charge in [0.15, 0.2) is 5.60 Å². The summed E-state index contributed by atoms with van der Waals surface area (Å²) in [5, 5.41) is 0. The van der Waals surface area contributed by atoms with Crippen molar-refractivity contribution in [3.63, 3.8) is 0 Å². The van der Waals surface area contributed by atoms with Gasteiger partial charge in [-0.15, -0.1) is 0 Å². The van der Waals surface area contributed by atoms with Crippen molar-refractivity contribution in [1.29, 1.82) is 0 Å². The molecule has 0 aromatic heterocycles. The van der Waals surface area contributed by atoms with Gasteiger partial charge in [-0.3, -0.25) is 4.79 Å². The van der Waals surface area contributed by atoms with Gasteiger partial charge in [-0.05, 0) is 55.8 Å². The van der Waals surface area contributed by atoms with Crippen molar-refractivity contribution in [2.24, 2.45) is 0 Å². The Bertz CT molecular complexity index is 666. The quantitative estimate of drug-likeness (QED) is 0.839. The van der Waals surface area contributed by atoms with Crippen LogP contribution in [0.2, 0.25) is 0 Å². The van der Waals surface area contributed by atoms with E-state index in [2.05, 4.69) is 0 Å². The Morgan fingerprint density at radius 1 is 1.00 bits per heavy atom. The molecule has 0 saturated heterocycles. The molecule has 2 rings (SSSR count). The minimum absolute atomic E-state index is 0.230. The summed E-state index contributed by atoms with van der Waals surface area (Å²) in [6.07, 6.45) is 0. The van der Waals surface area contributed by atoms with E-state index in [1.54, 1.807) is 33.0 Å². The fourth-order valence-electron chi connectivity index (χ4n) is 2.24. The molecule has 23 heavy (non-hydrogen) atoms. The third-order valence-electron chi connectivity index (χ3n) is 3.38. The van der Waals surface area contributed by atoms with Crippen LogP contribution in [-0.2, 0) is 11.3 Å². The second kappa shape index (κ2) is 6.77. The predicted octanol–water partition coefficient (Wildman–Crippen LogP) is 3.78. The predicted molar refractivity (Wildman–Crippen MR) is 84.0 cm³/mol. The minimum Gasteiger partial charge on any atom is -0.478 e. The Hall–Kier alpha value is -2.43. The third-order valence-corrected chi connectivity index (χ3v) is 3.38. The number of ether oxygens (including phenoxy) is 1. The molecular weight excluding hydrogens is 300 g/mol. The maximum atomic E-state index is 12.9. The van der Waals surface area contributed by atoms with E-state index in [1.165, 1.54) is 41.3 Å².